The molecule has 0 aliphatic carbocycles. The number of anilines is 1. The summed E-state index contributed by atoms with van der Waals surface area (Å²) in [4.78, 5) is 24.6. The second-order valence-corrected chi connectivity index (χ2v) is 4.28. The number of amides is 1. The third-order valence-electron chi connectivity index (χ3n) is 2.83. The summed E-state index contributed by atoms with van der Waals surface area (Å²) in [5.74, 6) is -1.07. The van der Waals surface area contributed by atoms with Crippen LogP contribution in [0.5, 0.6) is 0 Å². The molecule has 2 N–H and O–H groups in total. The minimum Gasteiger partial charge on any atom is -0.481 e. The van der Waals surface area contributed by atoms with Crippen molar-refractivity contribution in [3.63, 3.8) is 0 Å². The van der Waals surface area contributed by atoms with E-state index in [1.165, 1.54) is 12.4 Å². The van der Waals surface area contributed by atoms with Gasteiger partial charge in [0.05, 0.1) is 11.8 Å². The summed E-state index contributed by atoms with van der Waals surface area (Å²) in [6, 6.07) is 9.17. The molecule has 0 fully saturated rings. The van der Waals surface area contributed by atoms with Crippen LogP contribution >= 0.6 is 0 Å². The highest BCUT2D eigenvalue weighted by Gasteiger charge is 2.18. The molecule has 0 atom stereocenters. The topological polar surface area (TPSA) is 86.3 Å². The largest absolute Gasteiger partial charge is 0.481 e. The number of aliphatic carboxylic acids is 1. The molecule has 0 bridgehead atoms. The van der Waals surface area contributed by atoms with Crippen LogP contribution in [0.2, 0.25) is 0 Å². The van der Waals surface area contributed by atoms with Gasteiger partial charge in [-0.25, -0.2) is 0 Å². The number of aromatic nitrogens is 2. The Morgan fingerprint density at radius 2 is 2.00 bits per heavy atom. The molecule has 1 aromatic heterocycles. The lowest BCUT2D eigenvalue weighted by Gasteiger charge is -2.22. The Hall–Kier alpha value is -2.63. The molecule has 0 saturated carbocycles. The average Bonchev–Trinajstić information content (AvgIpc) is 2.98. The normalized spacial score (nSPS) is 10.2. The molecule has 6 nitrogen and oxygen atoms in total. The van der Waals surface area contributed by atoms with E-state index in [1.807, 2.05) is 30.3 Å². The molecule has 1 heterocycles. The van der Waals surface area contributed by atoms with Gasteiger partial charge in [-0.2, -0.15) is 5.10 Å². The number of H-pyrrole nitrogens is 1. The van der Waals surface area contributed by atoms with Gasteiger partial charge < -0.3 is 10.0 Å². The van der Waals surface area contributed by atoms with Crippen molar-refractivity contribution in [2.45, 2.75) is 12.8 Å². The first-order chi connectivity index (χ1) is 9.68. The summed E-state index contributed by atoms with van der Waals surface area (Å²) in [6.45, 7) is 0.348. The average molecular weight is 273 g/mol. The number of carboxylic acid groups (broad SMARTS) is 1. The molecular weight excluding hydrogens is 258 g/mol. The number of hydrogen-bond acceptors (Lipinski definition) is 3. The third kappa shape index (κ3) is 3.44. The van der Waals surface area contributed by atoms with Crippen LogP contribution < -0.4 is 4.90 Å². The lowest BCUT2D eigenvalue weighted by Crippen LogP contribution is -2.32. The molecular formula is C14H15N3O3. The van der Waals surface area contributed by atoms with E-state index in [9.17, 15) is 9.59 Å². The number of rotatable bonds is 6. The van der Waals surface area contributed by atoms with E-state index in [0.717, 1.165) is 5.69 Å². The van der Waals surface area contributed by atoms with Gasteiger partial charge in [-0.1, -0.05) is 18.2 Å². The molecule has 0 unspecified atom stereocenters. The van der Waals surface area contributed by atoms with Crippen LogP contribution in [-0.4, -0.2) is 33.7 Å². The number of hydrogen-bond donors (Lipinski definition) is 2. The fraction of sp³-hybridized carbons (Fsp3) is 0.214. The van der Waals surface area contributed by atoms with Crippen molar-refractivity contribution < 1.29 is 14.7 Å². The van der Waals surface area contributed by atoms with Crippen molar-refractivity contribution in [3.8, 4) is 0 Å². The van der Waals surface area contributed by atoms with Gasteiger partial charge in [-0.05, 0) is 18.6 Å². The Morgan fingerprint density at radius 3 is 2.60 bits per heavy atom. The van der Waals surface area contributed by atoms with E-state index in [0.29, 0.717) is 18.5 Å². The molecule has 0 radical (unpaired) electrons. The van der Waals surface area contributed by atoms with Gasteiger partial charge >= 0.3 is 5.97 Å². The van der Waals surface area contributed by atoms with Crippen molar-refractivity contribution in [2.24, 2.45) is 0 Å². The van der Waals surface area contributed by atoms with E-state index in [1.54, 1.807) is 4.90 Å². The molecule has 1 amide bonds. The minimum absolute atomic E-state index is 0.0298. The van der Waals surface area contributed by atoms with Crippen molar-refractivity contribution in [1.82, 2.24) is 10.2 Å². The van der Waals surface area contributed by atoms with Gasteiger partial charge in [-0.3, -0.25) is 14.7 Å². The maximum absolute atomic E-state index is 12.4. The second kappa shape index (κ2) is 6.51. The summed E-state index contributed by atoms with van der Waals surface area (Å²) in [7, 11) is 0. The number of carboxylic acids is 1. The number of carbonyl (C=O) groups is 2. The van der Waals surface area contributed by atoms with E-state index in [4.69, 9.17) is 5.11 Å². The molecule has 2 aromatic rings. The van der Waals surface area contributed by atoms with Crippen molar-refractivity contribution in [1.29, 1.82) is 0 Å². The fourth-order valence-electron chi connectivity index (χ4n) is 1.87. The fourth-order valence-corrected chi connectivity index (χ4v) is 1.87. The highest BCUT2D eigenvalue weighted by Crippen LogP contribution is 2.17. The van der Waals surface area contributed by atoms with Gasteiger partial charge in [0.15, 0.2) is 0 Å². The molecule has 2 rings (SSSR count). The predicted molar refractivity (Wildman–Crippen MR) is 73.6 cm³/mol. The van der Waals surface area contributed by atoms with Crippen LogP contribution in [0.15, 0.2) is 42.7 Å². The molecule has 20 heavy (non-hydrogen) atoms. The highest BCUT2D eigenvalue weighted by atomic mass is 16.4. The maximum Gasteiger partial charge on any atom is 0.303 e. The molecule has 0 aliphatic heterocycles. The van der Waals surface area contributed by atoms with Crippen molar-refractivity contribution >= 4 is 17.6 Å². The van der Waals surface area contributed by atoms with Gasteiger partial charge in [-0.15, -0.1) is 0 Å². The Morgan fingerprint density at radius 1 is 1.25 bits per heavy atom. The molecule has 6 heteroatoms. The number of aromatic amines is 1. The van der Waals surface area contributed by atoms with Crippen LogP contribution in [0.4, 0.5) is 5.69 Å². The van der Waals surface area contributed by atoms with Crippen LogP contribution in [-0.2, 0) is 4.79 Å². The minimum atomic E-state index is -0.867. The van der Waals surface area contributed by atoms with E-state index < -0.39 is 5.97 Å². The van der Waals surface area contributed by atoms with Crippen LogP contribution in [0.25, 0.3) is 0 Å². The zero-order chi connectivity index (χ0) is 14.4. The Labute approximate surface area is 116 Å². The zero-order valence-electron chi connectivity index (χ0n) is 10.8. The number of benzene rings is 1. The number of para-hydroxylation sites is 1. The quantitative estimate of drug-likeness (QED) is 0.841. The number of nitrogens with one attached hydrogen (secondary N) is 1. The molecule has 104 valence electrons. The Kier molecular flexibility index (Phi) is 4.49. The molecule has 1 aromatic carbocycles. The summed E-state index contributed by atoms with van der Waals surface area (Å²) < 4.78 is 0. The van der Waals surface area contributed by atoms with Gasteiger partial charge in [0.25, 0.3) is 5.91 Å². The van der Waals surface area contributed by atoms with Crippen molar-refractivity contribution in [2.75, 3.05) is 11.4 Å². The summed E-state index contributed by atoms with van der Waals surface area (Å²) >= 11 is 0. The lowest BCUT2D eigenvalue weighted by molar-refractivity contribution is -0.137. The first kappa shape index (κ1) is 13.8. The molecule has 0 spiro atoms. The lowest BCUT2D eigenvalue weighted by atomic mass is 10.2. The standard InChI is InChI=1S/C14H15N3O3/c18-13(19)7-4-8-17(12-5-2-1-3-6-12)14(20)11-9-15-16-10-11/h1-3,5-6,9-10H,4,7-8H2,(H,15,16)(H,18,19). The van der Waals surface area contributed by atoms with Crippen molar-refractivity contribution in [3.05, 3.63) is 48.3 Å². The predicted octanol–water partition coefficient (Wildman–Crippen LogP) is 1.92. The summed E-state index contributed by atoms with van der Waals surface area (Å²) in [5, 5.41) is 15.1. The summed E-state index contributed by atoms with van der Waals surface area (Å²) in [5.41, 5.74) is 1.19. The molecule has 0 saturated heterocycles. The zero-order valence-corrected chi connectivity index (χ0v) is 10.8. The van der Waals surface area contributed by atoms with E-state index >= 15 is 0 Å². The van der Waals surface area contributed by atoms with E-state index in [2.05, 4.69) is 10.2 Å². The van der Waals surface area contributed by atoms with E-state index in [-0.39, 0.29) is 12.3 Å². The SMILES string of the molecule is O=C(O)CCCN(C(=O)c1cn[nH]c1)c1ccccc1. The van der Waals surface area contributed by atoms with Gasteiger partial charge in [0.2, 0.25) is 0 Å². The van der Waals surface area contributed by atoms with Crippen LogP contribution in [0.1, 0.15) is 23.2 Å². The third-order valence-corrected chi connectivity index (χ3v) is 2.83. The Balaban J connectivity index is 2.16. The summed E-state index contributed by atoms with van der Waals surface area (Å²) in [6.07, 6.45) is 3.40. The molecule has 0 aliphatic rings. The highest BCUT2D eigenvalue weighted by molar-refractivity contribution is 6.05. The number of nitrogens with zero attached hydrogens (tertiary/aromatic N) is 2. The monoisotopic (exact) mass is 273 g/mol. The van der Waals surface area contributed by atoms with Crippen LogP contribution in [0.3, 0.4) is 0 Å². The van der Waals surface area contributed by atoms with Gasteiger partial charge in [0, 0.05) is 24.8 Å². The first-order valence-electron chi connectivity index (χ1n) is 6.26. The first-order valence-corrected chi connectivity index (χ1v) is 6.26. The van der Waals surface area contributed by atoms with Gasteiger partial charge in [0.1, 0.15) is 0 Å². The smallest absolute Gasteiger partial charge is 0.303 e. The Bertz CT molecular complexity index is 567. The second-order valence-electron chi connectivity index (χ2n) is 4.28. The maximum atomic E-state index is 12.4. The van der Waals surface area contributed by atoms with Crippen LogP contribution in [0, 0.1) is 0 Å². The number of carbonyl (C=O) groups excluding carboxylic acids is 1.